The van der Waals surface area contributed by atoms with E-state index in [1.54, 1.807) is 18.9 Å². The van der Waals surface area contributed by atoms with Crippen LogP contribution in [0.1, 0.15) is 31.0 Å². The Kier molecular flexibility index (Phi) is 7.50. The first-order chi connectivity index (χ1) is 10.2. The molecule has 1 aromatic carbocycles. The molecule has 0 unspecified atom stereocenters. The van der Waals surface area contributed by atoms with Crippen LogP contribution in [0.4, 0.5) is 0 Å². The molecule has 118 valence electrons. The number of methoxy groups -OCH3 is 1. The van der Waals surface area contributed by atoms with Crippen LogP contribution < -0.4 is 4.74 Å². The molecule has 0 N–H and O–H groups in total. The molecular formula is C17H21ClN2OS. The minimum Gasteiger partial charge on any atom is -0.497 e. The summed E-state index contributed by atoms with van der Waals surface area (Å²) in [6.45, 7) is 4.25. The molecule has 0 aliphatic heterocycles. The number of hydrogen-bond donors (Lipinski definition) is 0. The van der Waals surface area contributed by atoms with Gasteiger partial charge in [0, 0.05) is 16.0 Å². The number of halogens is 1. The lowest BCUT2D eigenvalue weighted by Crippen LogP contribution is -1.99. The van der Waals surface area contributed by atoms with Gasteiger partial charge in [0.2, 0.25) is 0 Å². The third-order valence-electron chi connectivity index (χ3n) is 3.51. The van der Waals surface area contributed by atoms with Crippen molar-refractivity contribution in [1.29, 1.82) is 5.26 Å². The van der Waals surface area contributed by atoms with E-state index >= 15 is 0 Å². The van der Waals surface area contributed by atoms with Crippen LogP contribution in [0.5, 0.6) is 5.75 Å². The Bertz CT molecular complexity index is 682. The lowest BCUT2D eigenvalue weighted by molar-refractivity contribution is 0.415. The second-order valence-electron chi connectivity index (χ2n) is 4.94. The summed E-state index contributed by atoms with van der Waals surface area (Å²) >= 11 is 1.60. The number of benzene rings is 1. The van der Waals surface area contributed by atoms with Gasteiger partial charge in [-0.25, -0.2) is 0 Å². The van der Waals surface area contributed by atoms with Gasteiger partial charge in [0.15, 0.2) is 0 Å². The standard InChI is InChI=1S/C17H20N2OS.ClH/c1-4-5-6-14-12(2)19-16-8-7-13(20-3)11-15(16)17(14)21-10-9-18;/h7-8,11H,4-6,10H2,1-3H3;1H. The predicted octanol–water partition coefficient (Wildman–Crippen LogP) is 4.93. The number of fused-ring (bicyclic) bond motifs is 1. The summed E-state index contributed by atoms with van der Waals surface area (Å²) in [5.41, 5.74) is 3.31. The van der Waals surface area contributed by atoms with E-state index in [1.165, 1.54) is 10.5 Å². The zero-order valence-corrected chi connectivity index (χ0v) is 14.8. The highest BCUT2D eigenvalue weighted by Crippen LogP contribution is 2.35. The molecule has 0 bridgehead atoms. The van der Waals surface area contributed by atoms with Gasteiger partial charge in [-0.15, -0.1) is 24.2 Å². The lowest BCUT2D eigenvalue weighted by atomic mass is 10.0. The Hall–Kier alpha value is -1.44. The Morgan fingerprint density at radius 2 is 2.14 bits per heavy atom. The fraction of sp³-hybridized carbons (Fsp3) is 0.412. The van der Waals surface area contributed by atoms with Gasteiger partial charge in [0.1, 0.15) is 5.75 Å². The number of hydrogen-bond acceptors (Lipinski definition) is 4. The van der Waals surface area contributed by atoms with Crippen molar-refractivity contribution >= 4 is 35.1 Å². The Balaban J connectivity index is 0.00000242. The first-order valence-electron chi connectivity index (χ1n) is 7.18. The molecule has 2 rings (SSSR count). The molecule has 0 saturated heterocycles. The van der Waals surface area contributed by atoms with Crippen molar-refractivity contribution in [2.45, 2.75) is 38.0 Å². The van der Waals surface area contributed by atoms with Crippen molar-refractivity contribution in [3.05, 3.63) is 29.5 Å². The molecule has 1 heterocycles. The molecule has 0 aliphatic carbocycles. The zero-order valence-electron chi connectivity index (χ0n) is 13.2. The van der Waals surface area contributed by atoms with Gasteiger partial charge in [0.25, 0.3) is 0 Å². The van der Waals surface area contributed by atoms with Crippen LogP contribution in [0.25, 0.3) is 10.9 Å². The fourth-order valence-electron chi connectivity index (χ4n) is 2.41. The molecule has 0 aliphatic rings. The van der Waals surface area contributed by atoms with Crippen molar-refractivity contribution in [3.63, 3.8) is 0 Å². The number of pyridine rings is 1. The number of aryl methyl sites for hydroxylation is 1. The molecule has 0 fully saturated rings. The van der Waals surface area contributed by atoms with Crippen molar-refractivity contribution < 1.29 is 4.74 Å². The molecule has 22 heavy (non-hydrogen) atoms. The zero-order chi connectivity index (χ0) is 15.2. The minimum atomic E-state index is 0. The summed E-state index contributed by atoms with van der Waals surface area (Å²) in [5.74, 6) is 1.28. The van der Waals surface area contributed by atoms with Crippen molar-refractivity contribution in [1.82, 2.24) is 4.98 Å². The number of nitriles is 1. The SMILES string of the molecule is CCCCc1c(C)nc2ccc(OC)cc2c1SCC#N.Cl. The van der Waals surface area contributed by atoms with Crippen molar-refractivity contribution in [2.75, 3.05) is 12.9 Å². The summed E-state index contributed by atoms with van der Waals surface area (Å²) in [6, 6.07) is 8.17. The van der Waals surface area contributed by atoms with Crippen LogP contribution in [0.3, 0.4) is 0 Å². The number of thioether (sulfide) groups is 1. The smallest absolute Gasteiger partial charge is 0.119 e. The average molecular weight is 337 g/mol. The average Bonchev–Trinajstić information content (AvgIpc) is 2.50. The highest BCUT2D eigenvalue weighted by Gasteiger charge is 2.13. The molecule has 0 amide bonds. The van der Waals surface area contributed by atoms with E-state index in [0.717, 1.165) is 41.6 Å². The van der Waals surface area contributed by atoms with Crippen molar-refractivity contribution in [2.24, 2.45) is 0 Å². The predicted molar refractivity (Wildman–Crippen MR) is 95.2 cm³/mol. The summed E-state index contributed by atoms with van der Waals surface area (Å²) in [4.78, 5) is 5.91. The minimum absolute atomic E-state index is 0. The summed E-state index contributed by atoms with van der Waals surface area (Å²) in [6.07, 6.45) is 3.30. The molecule has 0 saturated carbocycles. The van der Waals surface area contributed by atoms with Crippen LogP contribution >= 0.6 is 24.2 Å². The monoisotopic (exact) mass is 336 g/mol. The highest BCUT2D eigenvalue weighted by molar-refractivity contribution is 7.99. The van der Waals surface area contributed by atoms with E-state index in [2.05, 4.69) is 19.9 Å². The largest absolute Gasteiger partial charge is 0.497 e. The maximum atomic E-state index is 8.93. The third kappa shape index (κ3) is 4.06. The summed E-state index contributed by atoms with van der Waals surface area (Å²) in [5, 5.41) is 10.0. The van der Waals surface area contributed by atoms with Crippen LogP contribution in [0.2, 0.25) is 0 Å². The maximum absolute atomic E-state index is 8.93. The second kappa shape index (κ2) is 8.87. The van der Waals surface area contributed by atoms with Gasteiger partial charge in [-0.2, -0.15) is 5.26 Å². The van der Waals surface area contributed by atoms with E-state index in [0.29, 0.717) is 5.75 Å². The van der Waals surface area contributed by atoms with E-state index in [9.17, 15) is 0 Å². The van der Waals surface area contributed by atoms with Gasteiger partial charge in [-0.1, -0.05) is 13.3 Å². The molecule has 0 spiro atoms. The number of nitrogens with zero attached hydrogens (tertiary/aromatic N) is 2. The van der Waals surface area contributed by atoms with Gasteiger partial charge in [-0.3, -0.25) is 4.98 Å². The van der Waals surface area contributed by atoms with E-state index < -0.39 is 0 Å². The second-order valence-corrected chi connectivity index (χ2v) is 5.92. The summed E-state index contributed by atoms with van der Waals surface area (Å²) < 4.78 is 5.33. The topological polar surface area (TPSA) is 45.9 Å². The molecule has 2 aromatic rings. The van der Waals surface area contributed by atoms with Crippen LogP contribution in [-0.4, -0.2) is 17.8 Å². The quantitative estimate of drug-likeness (QED) is 0.701. The highest BCUT2D eigenvalue weighted by atomic mass is 35.5. The summed E-state index contributed by atoms with van der Waals surface area (Å²) in [7, 11) is 1.67. The van der Waals surface area contributed by atoms with E-state index in [4.69, 9.17) is 15.0 Å². The van der Waals surface area contributed by atoms with Crippen molar-refractivity contribution in [3.8, 4) is 11.8 Å². The van der Waals surface area contributed by atoms with Crippen LogP contribution in [0.15, 0.2) is 23.1 Å². The molecular weight excluding hydrogens is 316 g/mol. The Morgan fingerprint density at radius 1 is 1.36 bits per heavy atom. The normalized spacial score (nSPS) is 10.1. The maximum Gasteiger partial charge on any atom is 0.119 e. The molecule has 0 atom stereocenters. The number of aromatic nitrogens is 1. The van der Waals surface area contributed by atoms with Gasteiger partial charge in [0.05, 0.1) is 24.4 Å². The number of rotatable bonds is 6. The van der Waals surface area contributed by atoms with E-state index in [1.807, 2.05) is 18.2 Å². The Labute approximate surface area is 142 Å². The van der Waals surface area contributed by atoms with E-state index in [-0.39, 0.29) is 12.4 Å². The first kappa shape index (κ1) is 18.6. The van der Waals surface area contributed by atoms with Gasteiger partial charge in [-0.05, 0) is 43.5 Å². The Morgan fingerprint density at radius 3 is 2.77 bits per heavy atom. The molecule has 3 nitrogen and oxygen atoms in total. The molecule has 1 aromatic heterocycles. The number of ether oxygens (including phenoxy) is 1. The number of unbranched alkanes of at least 4 members (excludes halogenated alkanes) is 1. The third-order valence-corrected chi connectivity index (χ3v) is 4.54. The molecule has 0 radical (unpaired) electrons. The van der Waals surface area contributed by atoms with Gasteiger partial charge >= 0.3 is 0 Å². The fourth-order valence-corrected chi connectivity index (χ4v) is 3.37. The van der Waals surface area contributed by atoms with Crippen LogP contribution in [-0.2, 0) is 6.42 Å². The van der Waals surface area contributed by atoms with Gasteiger partial charge < -0.3 is 4.74 Å². The van der Waals surface area contributed by atoms with Crippen LogP contribution in [0, 0.1) is 18.3 Å². The molecule has 5 heteroatoms. The first-order valence-corrected chi connectivity index (χ1v) is 8.16. The lowest BCUT2D eigenvalue weighted by Gasteiger charge is -2.14.